The van der Waals surface area contributed by atoms with Crippen molar-refractivity contribution < 1.29 is 9.00 Å². The number of hydrogen-bond donors (Lipinski definition) is 2. The Hall–Kier alpha value is -1.20. The van der Waals surface area contributed by atoms with Gasteiger partial charge in [0.15, 0.2) is 0 Å². The van der Waals surface area contributed by atoms with Crippen LogP contribution in [-0.4, -0.2) is 20.9 Å². The number of carbonyl (C=O) groups is 1. The second kappa shape index (κ2) is 6.92. The average molecular weight is 324 g/mol. The van der Waals surface area contributed by atoms with E-state index in [1.54, 1.807) is 0 Å². The fourth-order valence-corrected chi connectivity index (χ4v) is 2.64. The van der Waals surface area contributed by atoms with Gasteiger partial charge in [-0.25, -0.2) is 0 Å². The molecule has 0 radical (unpaired) electrons. The minimum absolute atomic E-state index is 0.207. The maximum Gasteiger partial charge on any atom is 0.241 e. The molecule has 0 aliphatic heterocycles. The zero-order chi connectivity index (χ0) is 17.1. The topological polar surface area (TPSA) is 72.2 Å². The predicted molar refractivity (Wildman–Crippen MR) is 94.1 cm³/mol. The molecule has 0 heterocycles. The Bertz CT molecular complexity index is 557. The third kappa shape index (κ3) is 5.54. The normalized spacial score (nSPS) is 15.2. The van der Waals surface area contributed by atoms with Gasteiger partial charge in [-0.3, -0.25) is 9.00 Å². The van der Waals surface area contributed by atoms with E-state index in [1.165, 1.54) is 0 Å². The smallest absolute Gasteiger partial charge is 0.241 e. The number of benzene rings is 1. The number of hydrogen-bond acceptors (Lipinski definition) is 3. The standard InChI is InChI=1S/C17H28N2O2S/c1-16(2,3)14(18)15(20)19-13-9-7-8-12(10-13)11-22(21)17(4,5)6/h7-10,14H,11,18H2,1-6H3,(H,19,20)/t14-,22?/m1/s1. The molecule has 0 aliphatic rings. The van der Waals surface area contributed by atoms with E-state index in [0.717, 1.165) is 5.56 Å². The zero-order valence-corrected chi connectivity index (χ0v) is 15.2. The van der Waals surface area contributed by atoms with Gasteiger partial charge in [0.05, 0.1) is 6.04 Å². The Kier molecular flexibility index (Phi) is 5.93. The lowest BCUT2D eigenvalue weighted by Gasteiger charge is -2.26. The Morgan fingerprint density at radius 2 is 1.82 bits per heavy atom. The van der Waals surface area contributed by atoms with Crippen LogP contribution in [0.2, 0.25) is 0 Å². The van der Waals surface area contributed by atoms with Crippen LogP contribution in [0.5, 0.6) is 0 Å². The Balaban J connectivity index is 2.81. The number of nitrogens with one attached hydrogen (secondary N) is 1. The Morgan fingerprint density at radius 1 is 1.23 bits per heavy atom. The van der Waals surface area contributed by atoms with Crippen LogP contribution < -0.4 is 11.1 Å². The lowest BCUT2D eigenvalue weighted by atomic mass is 9.87. The molecular formula is C17H28N2O2S. The first-order valence-corrected chi connectivity index (χ1v) is 8.77. The molecule has 5 heteroatoms. The van der Waals surface area contributed by atoms with Crippen molar-refractivity contribution in [2.75, 3.05) is 5.32 Å². The minimum atomic E-state index is -0.970. The molecule has 1 aromatic rings. The molecule has 0 aliphatic carbocycles. The first kappa shape index (κ1) is 18.8. The van der Waals surface area contributed by atoms with Gasteiger partial charge in [0.25, 0.3) is 0 Å². The number of nitrogens with two attached hydrogens (primary N) is 1. The predicted octanol–water partition coefficient (Wildman–Crippen LogP) is 3.05. The molecule has 1 aromatic carbocycles. The third-order valence-corrected chi connectivity index (χ3v) is 5.35. The summed E-state index contributed by atoms with van der Waals surface area (Å²) in [6, 6.07) is 6.87. The highest BCUT2D eigenvalue weighted by Gasteiger charge is 2.27. The molecule has 0 saturated carbocycles. The monoisotopic (exact) mass is 324 g/mol. The molecule has 3 N–H and O–H groups in total. The summed E-state index contributed by atoms with van der Waals surface area (Å²) in [5, 5.41) is 2.84. The van der Waals surface area contributed by atoms with Crippen LogP contribution in [0, 0.1) is 5.41 Å². The van der Waals surface area contributed by atoms with Crippen LogP contribution in [0.1, 0.15) is 47.1 Å². The summed E-state index contributed by atoms with van der Waals surface area (Å²) in [7, 11) is -0.970. The molecule has 1 amide bonds. The highest BCUT2D eigenvalue weighted by Crippen LogP contribution is 2.21. The molecule has 1 rings (SSSR count). The summed E-state index contributed by atoms with van der Waals surface area (Å²) in [6.45, 7) is 11.7. The second-order valence-electron chi connectivity index (χ2n) is 7.64. The van der Waals surface area contributed by atoms with Crippen LogP contribution in [-0.2, 0) is 21.3 Å². The van der Waals surface area contributed by atoms with Gasteiger partial charge in [-0.2, -0.15) is 0 Å². The van der Waals surface area contributed by atoms with Gasteiger partial charge in [0, 0.05) is 27.0 Å². The summed E-state index contributed by atoms with van der Waals surface area (Å²) < 4.78 is 12.0. The lowest BCUT2D eigenvalue weighted by Crippen LogP contribution is -2.45. The fourth-order valence-electron chi connectivity index (χ4n) is 1.72. The third-order valence-electron chi connectivity index (χ3n) is 3.39. The van der Waals surface area contributed by atoms with Gasteiger partial charge >= 0.3 is 0 Å². The Labute approximate surface area is 136 Å². The van der Waals surface area contributed by atoms with E-state index in [-0.39, 0.29) is 16.1 Å². The SMILES string of the molecule is CC(C)(C)[C@H](N)C(=O)Nc1cccc(CS(=O)C(C)(C)C)c1. The second-order valence-corrected chi connectivity index (χ2v) is 9.84. The van der Waals surface area contributed by atoms with Crippen molar-refractivity contribution in [2.45, 2.75) is 58.1 Å². The fraction of sp³-hybridized carbons (Fsp3) is 0.588. The Morgan fingerprint density at radius 3 is 2.32 bits per heavy atom. The average Bonchev–Trinajstić information content (AvgIpc) is 2.35. The first-order valence-electron chi connectivity index (χ1n) is 7.45. The molecule has 0 saturated heterocycles. The minimum Gasteiger partial charge on any atom is -0.325 e. The lowest BCUT2D eigenvalue weighted by molar-refractivity contribution is -0.119. The molecule has 124 valence electrons. The molecular weight excluding hydrogens is 296 g/mol. The van der Waals surface area contributed by atoms with E-state index < -0.39 is 16.8 Å². The molecule has 22 heavy (non-hydrogen) atoms. The van der Waals surface area contributed by atoms with E-state index >= 15 is 0 Å². The molecule has 0 spiro atoms. The number of carbonyl (C=O) groups excluding carboxylic acids is 1. The summed E-state index contributed by atoms with van der Waals surface area (Å²) in [4.78, 5) is 12.2. The maximum atomic E-state index is 12.2. The number of amides is 1. The molecule has 0 bridgehead atoms. The highest BCUT2D eigenvalue weighted by molar-refractivity contribution is 7.85. The van der Waals surface area contributed by atoms with E-state index in [2.05, 4.69) is 5.32 Å². The zero-order valence-electron chi connectivity index (χ0n) is 14.4. The van der Waals surface area contributed by atoms with Gasteiger partial charge in [0.1, 0.15) is 0 Å². The van der Waals surface area contributed by atoms with Crippen LogP contribution in [0.15, 0.2) is 24.3 Å². The van der Waals surface area contributed by atoms with Crippen molar-refractivity contribution in [2.24, 2.45) is 11.1 Å². The van der Waals surface area contributed by atoms with E-state index in [0.29, 0.717) is 11.4 Å². The summed E-state index contributed by atoms with van der Waals surface area (Å²) >= 11 is 0. The van der Waals surface area contributed by atoms with Gasteiger partial charge < -0.3 is 11.1 Å². The van der Waals surface area contributed by atoms with Crippen molar-refractivity contribution in [3.8, 4) is 0 Å². The van der Waals surface area contributed by atoms with Crippen molar-refractivity contribution in [1.82, 2.24) is 0 Å². The van der Waals surface area contributed by atoms with Gasteiger partial charge in [-0.15, -0.1) is 0 Å². The molecule has 0 fully saturated rings. The summed E-state index contributed by atoms with van der Waals surface area (Å²) in [5.41, 5.74) is 7.29. The number of anilines is 1. The molecule has 1 unspecified atom stereocenters. The first-order chi connectivity index (χ1) is 9.91. The van der Waals surface area contributed by atoms with Crippen LogP contribution in [0.25, 0.3) is 0 Å². The van der Waals surface area contributed by atoms with Crippen LogP contribution in [0.4, 0.5) is 5.69 Å². The van der Waals surface area contributed by atoms with E-state index in [4.69, 9.17) is 5.73 Å². The van der Waals surface area contributed by atoms with Gasteiger partial charge in [0.2, 0.25) is 5.91 Å². The highest BCUT2D eigenvalue weighted by atomic mass is 32.2. The quantitative estimate of drug-likeness (QED) is 0.894. The molecule has 2 atom stereocenters. The van der Waals surface area contributed by atoms with Gasteiger partial charge in [-0.1, -0.05) is 32.9 Å². The van der Waals surface area contributed by atoms with Crippen molar-refractivity contribution in [1.29, 1.82) is 0 Å². The van der Waals surface area contributed by atoms with Crippen molar-refractivity contribution in [3.63, 3.8) is 0 Å². The maximum absolute atomic E-state index is 12.2. The molecule has 4 nitrogen and oxygen atoms in total. The van der Waals surface area contributed by atoms with Crippen molar-refractivity contribution >= 4 is 22.4 Å². The summed E-state index contributed by atoms with van der Waals surface area (Å²) in [5.74, 6) is 0.264. The van der Waals surface area contributed by atoms with E-state index in [1.807, 2.05) is 65.8 Å². The van der Waals surface area contributed by atoms with Crippen molar-refractivity contribution in [3.05, 3.63) is 29.8 Å². The number of rotatable bonds is 4. The summed E-state index contributed by atoms with van der Waals surface area (Å²) in [6.07, 6.45) is 0. The largest absolute Gasteiger partial charge is 0.325 e. The van der Waals surface area contributed by atoms with Gasteiger partial charge in [-0.05, 0) is 43.9 Å². The van der Waals surface area contributed by atoms with E-state index in [9.17, 15) is 9.00 Å². The van der Waals surface area contributed by atoms with Crippen LogP contribution >= 0.6 is 0 Å². The molecule has 0 aromatic heterocycles. The van der Waals surface area contributed by atoms with Crippen LogP contribution in [0.3, 0.4) is 0 Å².